The average Bonchev–Trinajstić information content (AvgIpc) is 3.33. The van der Waals surface area contributed by atoms with E-state index in [1.54, 1.807) is 35.6 Å². The molecule has 1 saturated heterocycles. The Morgan fingerprint density at radius 3 is 2.85 bits per heavy atom. The summed E-state index contributed by atoms with van der Waals surface area (Å²) in [5.74, 6) is 0.111. The monoisotopic (exact) mass is 367 g/mol. The van der Waals surface area contributed by atoms with E-state index in [-0.39, 0.29) is 11.7 Å². The maximum atomic E-state index is 13.8. The molecule has 3 aromatic rings. The van der Waals surface area contributed by atoms with Crippen LogP contribution in [0.4, 0.5) is 15.9 Å². The lowest BCUT2D eigenvalue weighted by Gasteiger charge is -2.18. The summed E-state index contributed by atoms with van der Waals surface area (Å²) in [4.78, 5) is 18.8. The molecule has 0 bridgehead atoms. The lowest BCUT2D eigenvalue weighted by atomic mass is 10.2. The van der Waals surface area contributed by atoms with E-state index in [1.807, 2.05) is 12.1 Å². The van der Waals surface area contributed by atoms with E-state index in [0.717, 1.165) is 11.1 Å². The van der Waals surface area contributed by atoms with Crippen LogP contribution < -0.4 is 15.0 Å². The van der Waals surface area contributed by atoms with Gasteiger partial charge in [-0.2, -0.15) is 5.10 Å². The first-order valence-corrected chi connectivity index (χ1v) is 8.53. The number of anilines is 2. The number of rotatable bonds is 5. The highest BCUT2D eigenvalue weighted by molar-refractivity contribution is 6.00. The minimum Gasteiger partial charge on any atom is -0.492 e. The number of aromatic amines is 1. The van der Waals surface area contributed by atoms with Gasteiger partial charge in [0.25, 0.3) is 5.91 Å². The van der Waals surface area contributed by atoms with Gasteiger partial charge in [0, 0.05) is 30.1 Å². The largest absolute Gasteiger partial charge is 0.492 e. The number of H-pyrrole nitrogens is 1. The minimum atomic E-state index is -0.471. The second kappa shape index (κ2) is 7.06. The number of halogens is 1. The van der Waals surface area contributed by atoms with Gasteiger partial charge in [-0.15, -0.1) is 0 Å². The Kier molecular flexibility index (Phi) is 4.45. The molecule has 8 heteroatoms. The van der Waals surface area contributed by atoms with Crippen LogP contribution in [0.2, 0.25) is 0 Å². The summed E-state index contributed by atoms with van der Waals surface area (Å²) in [6.07, 6.45) is 5.79. The summed E-state index contributed by atoms with van der Waals surface area (Å²) in [6, 6.07) is 7.83. The zero-order valence-corrected chi connectivity index (χ0v) is 14.6. The van der Waals surface area contributed by atoms with Crippen LogP contribution in [0.1, 0.15) is 6.42 Å². The normalized spacial score (nSPS) is 16.6. The van der Waals surface area contributed by atoms with Crippen LogP contribution in [0.25, 0.3) is 11.1 Å². The number of aromatic nitrogens is 3. The van der Waals surface area contributed by atoms with Crippen LogP contribution in [0.3, 0.4) is 0 Å². The fourth-order valence-corrected chi connectivity index (χ4v) is 3.18. The molecule has 2 N–H and O–H groups in total. The molecule has 0 saturated carbocycles. The summed E-state index contributed by atoms with van der Waals surface area (Å²) in [7, 11) is 1.40. The molecule has 27 heavy (non-hydrogen) atoms. The number of para-hydroxylation sites is 1. The van der Waals surface area contributed by atoms with Gasteiger partial charge in [-0.25, -0.2) is 9.37 Å². The molecule has 1 amide bonds. The summed E-state index contributed by atoms with van der Waals surface area (Å²) >= 11 is 0. The third-order valence-corrected chi connectivity index (χ3v) is 4.56. The molecule has 0 radical (unpaired) electrons. The van der Waals surface area contributed by atoms with Crippen molar-refractivity contribution in [3.8, 4) is 16.9 Å². The van der Waals surface area contributed by atoms with Crippen LogP contribution in [0, 0.1) is 5.82 Å². The molecule has 1 atom stereocenters. The number of benzene rings is 1. The molecule has 1 aliphatic rings. The number of hydrogen-bond acceptors (Lipinski definition) is 5. The van der Waals surface area contributed by atoms with E-state index < -0.39 is 11.9 Å². The van der Waals surface area contributed by atoms with Gasteiger partial charge in [-0.05, 0) is 30.7 Å². The van der Waals surface area contributed by atoms with Crippen molar-refractivity contribution >= 4 is 17.4 Å². The molecule has 2 aromatic heterocycles. The molecule has 1 fully saturated rings. The Morgan fingerprint density at radius 2 is 2.15 bits per heavy atom. The highest BCUT2D eigenvalue weighted by Crippen LogP contribution is 2.30. The third kappa shape index (κ3) is 3.21. The molecule has 1 aliphatic heterocycles. The number of methoxy groups -OCH3 is 1. The molecular weight excluding hydrogens is 349 g/mol. The van der Waals surface area contributed by atoms with E-state index in [4.69, 9.17) is 4.74 Å². The standard InChI is InChI=1S/C19H18FN5O2/c1-27-18-14(20)3-2-4-15(18)24-16-7-8-25(19(16)26)17-6-5-12(9-21-17)13-10-22-23-11-13/h2-6,9-11,16,24H,7-8H2,1H3,(H,22,23)/t16-/m1/s1. The van der Waals surface area contributed by atoms with E-state index in [2.05, 4.69) is 20.5 Å². The predicted octanol–water partition coefficient (Wildman–Crippen LogP) is 2.84. The molecule has 1 aromatic carbocycles. The molecule has 0 unspecified atom stereocenters. The van der Waals surface area contributed by atoms with E-state index in [1.165, 1.54) is 13.2 Å². The molecular formula is C19H18FN5O2. The molecule has 0 spiro atoms. The number of carbonyl (C=O) groups is 1. The number of nitrogens with zero attached hydrogens (tertiary/aromatic N) is 3. The second-order valence-corrected chi connectivity index (χ2v) is 6.19. The van der Waals surface area contributed by atoms with Gasteiger partial charge in [0.05, 0.1) is 19.0 Å². The number of pyridine rings is 1. The fraction of sp³-hybridized carbons (Fsp3) is 0.211. The number of amides is 1. The average molecular weight is 367 g/mol. The number of ether oxygens (including phenoxy) is 1. The quantitative estimate of drug-likeness (QED) is 0.725. The van der Waals surface area contributed by atoms with Crippen molar-refractivity contribution in [1.29, 1.82) is 0 Å². The maximum absolute atomic E-state index is 13.8. The van der Waals surface area contributed by atoms with Crippen LogP contribution in [0.15, 0.2) is 48.9 Å². The molecule has 7 nitrogen and oxygen atoms in total. The lowest BCUT2D eigenvalue weighted by molar-refractivity contribution is -0.117. The molecule has 0 aliphatic carbocycles. The predicted molar refractivity (Wildman–Crippen MR) is 99.2 cm³/mol. The topological polar surface area (TPSA) is 83.1 Å². The Bertz CT molecular complexity index is 943. The van der Waals surface area contributed by atoms with Crippen LogP contribution in [0.5, 0.6) is 5.75 Å². The third-order valence-electron chi connectivity index (χ3n) is 4.56. The minimum absolute atomic E-state index is 0.103. The van der Waals surface area contributed by atoms with Gasteiger partial charge in [0.2, 0.25) is 0 Å². The Morgan fingerprint density at radius 1 is 1.26 bits per heavy atom. The van der Waals surface area contributed by atoms with Gasteiger partial charge in [-0.3, -0.25) is 14.8 Å². The highest BCUT2D eigenvalue weighted by atomic mass is 19.1. The zero-order valence-electron chi connectivity index (χ0n) is 14.6. The van der Waals surface area contributed by atoms with E-state index >= 15 is 0 Å². The molecule has 138 valence electrons. The Balaban J connectivity index is 1.50. The van der Waals surface area contributed by atoms with Crippen molar-refractivity contribution < 1.29 is 13.9 Å². The van der Waals surface area contributed by atoms with Gasteiger partial charge < -0.3 is 10.1 Å². The fourth-order valence-electron chi connectivity index (χ4n) is 3.18. The van der Waals surface area contributed by atoms with Crippen molar-refractivity contribution in [2.45, 2.75) is 12.5 Å². The van der Waals surface area contributed by atoms with Gasteiger partial charge >= 0.3 is 0 Å². The van der Waals surface area contributed by atoms with Crippen molar-refractivity contribution in [3.05, 3.63) is 54.7 Å². The smallest absolute Gasteiger partial charge is 0.250 e. The van der Waals surface area contributed by atoms with Crippen molar-refractivity contribution in [2.24, 2.45) is 0 Å². The van der Waals surface area contributed by atoms with Crippen molar-refractivity contribution in [3.63, 3.8) is 0 Å². The first kappa shape index (κ1) is 17.0. The van der Waals surface area contributed by atoms with E-state index in [9.17, 15) is 9.18 Å². The number of nitrogens with one attached hydrogen (secondary N) is 2. The Labute approximate surface area is 155 Å². The summed E-state index contributed by atoms with van der Waals surface area (Å²) in [6.45, 7) is 0.534. The first-order valence-electron chi connectivity index (χ1n) is 8.53. The summed E-state index contributed by atoms with van der Waals surface area (Å²) in [5, 5.41) is 9.77. The summed E-state index contributed by atoms with van der Waals surface area (Å²) < 4.78 is 18.9. The van der Waals surface area contributed by atoms with Crippen LogP contribution in [-0.2, 0) is 4.79 Å². The van der Waals surface area contributed by atoms with Crippen molar-refractivity contribution in [2.75, 3.05) is 23.9 Å². The van der Waals surface area contributed by atoms with Gasteiger partial charge in [0.1, 0.15) is 11.9 Å². The number of hydrogen-bond donors (Lipinski definition) is 2. The SMILES string of the molecule is COc1c(F)cccc1N[C@@H]1CCN(c2ccc(-c3cn[nH]c3)cn2)C1=O. The summed E-state index contributed by atoms with van der Waals surface area (Å²) in [5.41, 5.74) is 2.30. The van der Waals surface area contributed by atoms with Gasteiger partial charge in [-0.1, -0.05) is 6.07 Å². The lowest BCUT2D eigenvalue weighted by Crippen LogP contribution is -2.34. The first-order chi connectivity index (χ1) is 13.2. The Hall–Kier alpha value is -3.42. The second-order valence-electron chi connectivity index (χ2n) is 6.19. The number of carbonyl (C=O) groups excluding carboxylic acids is 1. The highest BCUT2D eigenvalue weighted by Gasteiger charge is 2.33. The van der Waals surface area contributed by atoms with Crippen molar-refractivity contribution in [1.82, 2.24) is 15.2 Å². The molecule has 4 rings (SSSR count). The maximum Gasteiger partial charge on any atom is 0.250 e. The molecule has 3 heterocycles. The van der Waals surface area contributed by atoms with Crippen LogP contribution in [-0.4, -0.2) is 40.8 Å². The van der Waals surface area contributed by atoms with Gasteiger partial charge in [0.15, 0.2) is 11.6 Å². The van der Waals surface area contributed by atoms with E-state index in [0.29, 0.717) is 24.5 Å². The van der Waals surface area contributed by atoms with Crippen LogP contribution >= 0.6 is 0 Å². The zero-order chi connectivity index (χ0) is 18.8.